The number of aliphatic hydroxyl groups is 2. The number of nitrogens with one attached hydrogen (secondary N) is 1. The largest absolute Gasteiger partial charge is 0.488 e. The minimum absolute atomic E-state index is 0.0210. The molecule has 0 saturated carbocycles. The van der Waals surface area contributed by atoms with Gasteiger partial charge in [0.05, 0.1) is 23.8 Å². The Morgan fingerprint density at radius 3 is 2.32 bits per heavy atom. The molecule has 0 radical (unpaired) electrons. The third-order valence-corrected chi connectivity index (χ3v) is 10.0. The molecule has 0 aliphatic heterocycles. The van der Waals surface area contributed by atoms with Crippen molar-refractivity contribution in [1.29, 1.82) is 5.26 Å². The second kappa shape index (κ2) is 19.4. The van der Waals surface area contributed by atoms with Crippen molar-refractivity contribution in [3.8, 4) is 51.7 Å². The number of carboxylic acid groups (broad SMARTS) is 1. The van der Waals surface area contributed by atoms with Crippen LogP contribution in [0, 0.1) is 37.0 Å². The molecule has 0 fully saturated rings. The summed E-state index contributed by atoms with van der Waals surface area (Å²) in [5, 5.41) is 41.3. The van der Waals surface area contributed by atoms with E-state index in [2.05, 4.69) is 89.4 Å². The molecule has 0 amide bonds. The molecule has 57 heavy (non-hydrogen) atoms. The third-order valence-electron chi connectivity index (χ3n) is 9.71. The molecule has 1 aromatic heterocycles. The van der Waals surface area contributed by atoms with E-state index in [4.69, 9.17) is 21.1 Å². The zero-order valence-electron chi connectivity index (χ0n) is 32.8. The van der Waals surface area contributed by atoms with Crippen LogP contribution in [0.5, 0.6) is 11.5 Å². The number of pyridine rings is 1. The number of nitriles is 1. The van der Waals surface area contributed by atoms with E-state index in [9.17, 15) is 25.4 Å². The van der Waals surface area contributed by atoms with Crippen molar-refractivity contribution in [2.24, 2.45) is 0 Å². The summed E-state index contributed by atoms with van der Waals surface area (Å²) in [7, 11) is 4.06. The molecule has 10 nitrogen and oxygen atoms in total. The Bertz CT molecular complexity index is 2340. The molecule has 4 N–H and O–H groups in total. The number of carbonyl (C=O) groups is 1. The van der Waals surface area contributed by atoms with Crippen molar-refractivity contribution in [2.45, 2.75) is 59.0 Å². The van der Waals surface area contributed by atoms with Gasteiger partial charge in [-0.05, 0) is 97.6 Å². The molecule has 0 spiro atoms. The Hall–Kier alpha value is -5.72. The summed E-state index contributed by atoms with van der Waals surface area (Å²) >= 11 is 6.77. The molecule has 0 aliphatic carbocycles. The van der Waals surface area contributed by atoms with Gasteiger partial charge in [0.15, 0.2) is 0 Å². The fourth-order valence-electron chi connectivity index (χ4n) is 6.32. The number of ether oxygens (including phenoxy) is 2. The van der Waals surface area contributed by atoms with Crippen LogP contribution in [0.1, 0.15) is 57.9 Å². The first kappa shape index (κ1) is 42.4. The SMILES string of the molecule is Cc1c(COc2cc(OCc3cncc(C#N)c3)c(CN[C@@](C)(CO)C(=O)O)cc2Cl)cccc1-c1cccc(-c2ccc(CN(C)C)c(C#CCCO)c2)c1C. The van der Waals surface area contributed by atoms with Gasteiger partial charge in [-0.15, -0.1) is 0 Å². The lowest BCUT2D eigenvalue weighted by molar-refractivity contribution is -0.145. The number of benzene rings is 4. The van der Waals surface area contributed by atoms with Crippen LogP contribution in [0.15, 0.2) is 85.2 Å². The van der Waals surface area contributed by atoms with E-state index in [0.29, 0.717) is 39.6 Å². The van der Waals surface area contributed by atoms with E-state index < -0.39 is 18.1 Å². The first-order valence-corrected chi connectivity index (χ1v) is 18.8. The number of hydrogen-bond acceptors (Lipinski definition) is 9. The Morgan fingerprint density at radius 1 is 0.895 bits per heavy atom. The standard InChI is InChI=1S/C46H47ClN4O6/c1-30-37(11-8-13-40(30)41-14-9-12-39(31(41)2)35-15-16-36(26-51(4)5)34(19-35)10-6-7-17-52)28-57-44-21-43(56-27-33-18-32(22-48)23-49-24-33)38(20-42(44)47)25-50-46(3,29-53)45(54)55/h8-9,11-16,18-21,23-24,50,52-53H,7,17,25-29H2,1-5H3,(H,54,55)/t46-/m0/s1. The second-order valence-corrected chi connectivity index (χ2v) is 14.7. The third kappa shape index (κ3) is 10.6. The van der Waals surface area contributed by atoms with E-state index in [0.717, 1.165) is 56.6 Å². The van der Waals surface area contributed by atoms with Gasteiger partial charge in [-0.1, -0.05) is 72.0 Å². The number of aliphatic hydroxyl groups excluding tert-OH is 2. The van der Waals surface area contributed by atoms with Gasteiger partial charge in [-0.3, -0.25) is 15.1 Å². The van der Waals surface area contributed by atoms with E-state index >= 15 is 0 Å². The molecule has 11 heteroatoms. The summed E-state index contributed by atoms with van der Waals surface area (Å²) in [4.78, 5) is 18.1. The average molecular weight is 787 g/mol. The van der Waals surface area contributed by atoms with Crippen molar-refractivity contribution in [3.63, 3.8) is 0 Å². The van der Waals surface area contributed by atoms with Crippen LogP contribution >= 0.6 is 11.6 Å². The summed E-state index contributed by atoms with van der Waals surface area (Å²) in [6.45, 7) is 6.03. The molecule has 1 atom stereocenters. The van der Waals surface area contributed by atoms with E-state index in [1.165, 1.54) is 13.1 Å². The van der Waals surface area contributed by atoms with Gasteiger partial charge in [0, 0.05) is 54.7 Å². The average Bonchev–Trinajstić information content (AvgIpc) is 3.20. The van der Waals surface area contributed by atoms with Gasteiger partial charge in [-0.25, -0.2) is 0 Å². The van der Waals surface area contributed by atoms with Crippen molar-refractivity contribution in [3.05, 3.63) is 135 Å². The maximum atomic E-state index is 11.9. The van der Waals surface area contributed by atoms with Crippen molar-refractivity contribution in [1.82, 2.24) is 15.2 Å². The maximum Gasteiger partial charge on any atom is 0.326 e. The Balaban J connectivity index is 1.43. The predicted molar refractivity (Wildman–Crippen MR) is 222 cm³/mol. The molecule has 1 heterocycles. The van der Waals surface area contributed by atoms with Gasteiger partial charge in [0.1, 0.15) is 36.3 Å². The lowest BCUT2D eigenvalue weighted by atomic mass is 9.88. The fourth-order valence-corrected chi connectivity index (χ4v) is 6.56. The van der Waals surface area contributed by atoms with Gasteiger partial charge >= 0.3 is 5.97 Å². The second-order valence-electron chi connectivity index (χ2n) is 14.3. The quantitative estimate of drug-likeness (QED) is 0.0745. The lowest BCUT2D eigenvalue weighted by Gasteiger charge is -2.25. The van der Waals surface area contributed by atoms with Crippen molar-refractivity contribution in [2.75, 3.05) is 27.3 Å². The van der Waals surface area contributed by atoms with Gasteiger partial charge in [0.2, 0.25) is 0 Å². The molecule has 5 rings (SSSR count). The summed E-state index contributed by atoms with van der Waals surface area (Å²) in [5.41, 5.74) is 9.51. The lowest BCUT2D eigenvalue weighted by Crippen LogP contribution is -2.52. The molecule has 0 bridgehead atoms. The fraction of sp³-hybridized carbons (Fsp3) is 0.283. The number of hydrogen-bond donors (Lipinski definition) is 4. The first-order chi connectivity index (χ1) is 27.4. The molecular formula is C46H47ClN4O6. The predicted octanol–water partition coefficient (Wildman–Crippen LogP) is 7.44. The highest BCUT2D eigenvalue weighted by Gasteiger charge is 2.32. The number of aromatic nitrogens is 1. The zero-order valence-corrected chi connectivity index (χ0v) is 33.6. The van der Waals surface area contributed by atoms with Crippen LogP contribution in [0.2, 0.25) is 5.02 Å². The van der Waals surface area contributed by atoms with E-state index in [1.54, 1.807) is 24.4 Å². The number of carboxylic acids is 1. The minimum Gasteiger partial charge on any atom is -0.488 e. The Morgan fingerprint density at radius 2 is 1.61 bits per heavy atom. The molecular weight excluding hydrogens is 740 g/mol. The molecule has 294 valence electrons. The van der Waals surface area contributed by atoms with Crippen molar-refractivity contribution < 1.29 is 29.6 Å². The Labute approximate surface area is 339 Å². The topological polar surface area (TPSA) is 148 Å². The first-order valence-electron chi connectivity index (χ1n) is 18.4. The normalized spacial score (nSPS) is 12.0. The molecule has 0 aliphatic rings. The van der Waals surface area contributed by atoms with E-state index in [1.807, 2.05) is 26.2 Å². The van der Waals surface area contributed by atoms with Crippen LogP contribution in [0.4, 0.5) is 0 Å². The zero-order chi connectivity index (χ0) is 41.1. The summed E-state index contributed by atoms with van der Waals surface area (Å²) in [6.07, 6.45) is 3.48. The molecule has 4 aromatic carbocycles. The van der Waals surface area contributed by atoms with Crippen LogP contribution < -0.4 is 14.8 Å². The highest BCUT2D eigenvalue weighted by Crippen LogP contribution is 2.37. The van der Waals surface area contributed by atoms with Crippen LogP contribution in [0.3, 0.4) is 0 Å². The smallest absolute Gasteiger partial charge is 0.326 e. The van der Waals surface area contributed by atoms with Gasteiger partial charge < -0.3 is 29.7 Å². The van der Waals surface area contributed by atoms with Crippen LogP contribution in [0.25, 0.3) is 22.3 Å². The molecule has 0 unspecified atom stereocenters. The molecule has 0 saturated heterocycles. The van der Waals surface area contributed by atoms with Crippen LogP contribution in [-0.4, -0.2) is 64.0 Å². The van der Waals surface area contributed by atoms with Gasteiger partial charge in [0.25, 0.3) is 0 Å². The monoisotopic (exact) mass is 786 g/mol. The van der Waals surface area contributed by atoms with Crippen LogP contribution in [-0.2, 0) is 31.1 Å². The molecule has 5 aromatic rings. The van der Waals surface area contributed by atoms with Crippen molar-refractivity contribution >= 4 is 17.6 Å². The van der Waals surface area contributed by atoms with E-state index in [-0.39, 0.29) is 26.4 Å². The summed E-state index contributed by atoms with van der Waals surface area (Å²) in [6, 6.07) is 25.9. The number of aliphatic carboxylic acids is 1. The number of halogens is 1. The summed E-state index contributed by atoms with van der Waals surface area (Å²) < 4.78 is 12.5. The number of nitrogens with zero attached hydrogens (tertiary/aromatic N) is 3. The maximum absolute atomic E-state index is 11.9. The minimum atomic E-state index is -1.60. The number of rotatable bonds is 16. The van der Waals surface area contributed by atoms with Gasteiger partial charge in [-0.2, -0.15) is 5.26 Å². The summed E-state index contributed by atoms with van der Waals surface area (Å²) in [5.74, 6) is 5.89. The highest BCUT2D eigenvalue weighted by molar-refractivity contribution is 6.32. The highest BCUT2D eigenvalue weighted by atomic mass is 35.5. The Kier molecular flexibility index (Phi) is 14.5.